The number of aromatic nitrogens is 3. The molecule has 0 saturated heterocycles. The third-order valence-corrected chi connectivity index (χ3v) is 4.07. The summed E-state index contributed by atoms with van der Waals surface area (Å²) in [6.07, 6.45) is 0. The molecule has 0 aliphatic carbocycles. The van der Waals surface area contributed by atoms with Gasteiger partial charge in [-0.25, -0.2) is 0 Å². The summed E-state index contributed by atoms with van der Waals surface area (Å²) in [6, 6.07) is 12.1. The molecule has 1 aliphatic rings. The van der Waals surface area contributed by atoms with Gasteiger partial charge in [0, 0.05) is 17.8 Å². The van der Waals surface area contributed by atoms with Gasteiger partial charge in [0.2, 0.25) is 0 Å². The van der Waals surface area contributed by atoms with Crippen LogP contribution in [0.4, 0.5) is 5.69 Å². The lowest BCUT2D eigenvalue weighted by Gasteiger charge is -2.17. The monoisotopic (exact) mass is 308 g/mol. The number of anilines is 1. The summed E-state index contributed by atoms with van der Waals surface area (Å²) in [5.74, 6) is -1.88. The number of hydrogen-bond donors (Lipinski definition) is 2. The minimum atomic E-state index is -0.931. The summed E-state index contributed by atoms with van der Waals surface area (Å²) in [7, 11) is 0. The molecule has 2 heterocycles. The van der Waals surface area contributed by atoms with Gasteiger partial charge in [-0.1, -0.05) is 18.2 Å². The van der Waals surface area contributed by atoms with Crippen molar-refractivity contribution in [2.45, 2.75) is 5.92 Å². The van der Waals surface area contributed by atoms with E-state index in [9.17, 15) is 14.7 Å². The first-order chi connectivity index (χ1) is 11.1. The molecule has 0 radical (unpaired) electrons. The fraction of sp³-hybridized carbons (Fsp3) is 0.125. The lowest BCUT2D eigenvalue weighted by atomic mass is 10.0. The molecule has 3 aromatic rings. The summed E-state index contributed by atoms with van der Waals surface area (Å²) in [6.45, 7) is 0.129. The standard InChI is InChI=1S/C16H12N4O3/c21-15(9-5-6-12-13(7-9)18-19-17-12)20-8-11(16(22)23)10-3-1-2-4-14(10)20/h1-7,11H,8H2,(H,22,23)(H,17,18,19)/t11-/m0/s1. The molecule has 1 atom stereocenters. The predicted octanol–water partition coefficient (Wildman–Crippen LogP) is 1.79. The van der Waals surface area contributed by atoms with Gasteiger partial charge in [-0.2, -0.15) is 15.4 Å². The van der Waals surface area contributed by atoms with Crippen LogP contribution in [0.25, 0.3) is 11.0 Å². The number of hydrogen-bond acceptors (Lipinski definition) is 4. The van der Waals surface area contributed by atoms with Crippen molar-refractivity contribution in [3.63, 3.8) is 0 Å². The van der Waals surface area contributed by atoms with Crippen LogP contribution < -0.4 is 4.90 Å². The molecule has 2 aromatic carbocycles. The van der Waals surface area contributed by atoms with Crippen LogP contribution in [0, 0.1) is 0 Å². The summed E-state index contributed by atoms with van der Waals surface area (Å²) in [5.41, 5.74) is 3.03. The Morgan fingerprint density at radius 1 is 1.13 bits per heavy atom. The van der Waals surface area contributed by atoms with Crippen molar-refractivity contribution < 1.29 is 14.7 Å². The lowest BCUT2D eigenvalue weighted by molar-refractivity contribution is -0.138. The highest BCUT2D eigenvalue weighted by atomic mass is 16.4. The van der Waals surface area contributed by atoms with E-state index in [-0.39, 0.29) is 12.5 Å². The normalized spacial score (nSPS) is 16.5. The van der Waals surface area contributed by atoms with Gasteiger partial charge in [0.05, 0.1) is 0 Å². The van der Waals surface area contributed by atoms with Crippen LogP contribution in [-0.4, -0.2) is 38.9 Å². The Morgan fingerprint density at radius 2 is 1.91 bits per heavy atom. The van der Waals surface area contributed by atoms with Crippen LogP contribution >= 0.6 is 0 Å². The molecule has 1 aromatic heterocycles. The average Bonchev–Trinajstić information content (AvgIpc) is 3.18. The molecule has 0 saturated carbocycles. The van der Waals surface area contributed by atoms with Gasteiger partial charge in [0.1, 0.15) is 17.0 Å². The van der Waals surface area contributed by atoms with E-state index in [2.05, 4.69) is 15.4 Å². The van der Waals surface area contributed by atoms with E-state index in [0.29, 0.717) is 27.8 Å². The number of nitrogens with one attached hydrogen (secondary N) is 1. The zero-order valence-corrected chi connectivity index (χ0v) is 11.9. The first kappa shape index (κ1) is 13.4. The van der Waals surface area contributed by atoms with Gasteiger partial charge in [0.15, 0.2) is 0 Å². The topological polar surface area (TPSA) is 99.2 Å². The molecule has 23 heavy (non-hydrogen) atoms. The number of rotatable bonds is 2. The predicted molar refractivity (Wildman–Crippen MR) is 82.4 cm³/mol. The second-order valence-electron chi connectivity index (χ2n) is 5.39. The van der Waals surface area contributed by atoms with Gasteiger partial charge >= 0.3 is 5.97 Å². The maximum Gasteiger partial charge on any atom is 0.312 e. The Labute approximate surface area is 130 Å². The van der Waals surface area contributed by atoms with Crippen LogP contribution in [0.15, 0.2) is 42.5 Å². The van der Waals surface area contributed by atoms with Crippen LogP contribution in [0.1, 0.15) is 21.8 Å². The fourth-order valence-electron chi connectivity index (χ4n) is 2.94. The summed E-state index contributed by atoms with van der Waals surface area (Å²) >= 11 is 0. The van der Waals surface area contributed by atoms with E-state index in [1.165, 1.54) is 4.90 Å². The third kappa shape index (κ3) is 2.05. The van der Waals surface area contributed by atoms with Crippen molar-refractivity contribution in [2.24, 2.45) is 0 Å². The highest BCUT2D eigenvalue weighted by Gasteiger charge is 2.36. The van der Waals surface area contributed by atoms with Gasteiger partial charge in [-0.05, 0) is 29.8 Å². The second kappa shape index (κ2) is 4.91. The average molecular weight is 308 g/mol. The number of H-pyrrole nitrogens is 1. The SMILES string of the molecule is O=C(O)[C@H]1CN(C(=O)c2ccc3n[nH]nc3c2)c2ccccc21. The smallest absolute Gasteiger partial charge is 0.312 e. The Kier molecular flexibility index (Phi) is 2.87. The fourth-order valence-corrected chi connectivity index (χ4v) is 2.94. The van der Waals surface area contributed by atoms with E-state index in [4.69, 9.17) is 0 Å². The number of carboxylic acid groups (broad SMARTS) is 1. The number of benzene rings is 2. The van der Waals surface area contributed by atoms with Crippen LogP contribution in [-0.2, 0) is 4.79 Å². The molecular formula is C16H12N4O3. The van der Waals surface area contributed by atoms with Gasteiger partial charge in [-0.3, -0.25) is 9.59 Å². The van der Waals surface area contributed by atoms with E-state index >= 15 is 0 Å². The largest absolute Gasteiger partial charge is 0.481 e. The first-order valence-electron chi connectivity index (χ1n) is 7.09. The molecule has 7 nitrogen and oxygen atoms in total. The number of fused-ring (bicyclic) bond motifs is 2. The van der Waals surface area contributed by atoms with Crippen LogP contribution in [0.2, 0.25) is 0 Å². The lowest BCUT2D eigenvalue weighted by Crippen LogP contribution is -2.31. The van der Waals surface area contributed by atoms with Crippen molar-refractivity contribution >= 4 is 28.6 Å². The number of amides is 1. The zero-order valence-electron chi connectivity index (χ0n) is 11.9. The molecule has 2 N–H and O–H groups in total. The maximum absolute atomic E-state index is 12.8. The molecule has 0 fully saturated rings. The number of carbonyl (C=O) groups is 2. The minimum absolute atomic E-state index is 0.129. The van der Waals surface area contributed by atoms with Crippen molar-refractivity contribution in [2.75, 3.05) is 11.4 Å². The number of nitrogens with zero attached hydrogens (tertiary/aromatic N) is 3. The van der Waals surface area contributed by atoms with E-state index in [0.717, 1.165) is 0 Å². The Morgan fingerprint density at radius 3 is 2.74 bits per heavy atom. The maximum atomic E-state index is 12.8. The van der Waals surface area contributed by atoms with Crippen molar-refractivity contribution in [3.8, 4) is 0 Å². The molecule has 0 spiro atoms. The first-order valence-corrected chi connectivity index (χ1v) is 7.09. The van der Waals surface area contributed by atoms with Gasteiger partial charge < -0.3 is 10.0 Å². The molecular weight excluding hydrogens is 296 g/mol. The highest BCUT2D eigenvalue weighted by molar-refractivity contribution is 6.09. The zero-order chi connectivity index (χ0) is 16.0. The molecule has 1 aliphatic heterocycles. The molecule has 1 amide bonds. The number of aliphatic carboxylic acids is 1. The quantitative estimate of drug-likeness (QED) is 0.752. The van der Waals surface area contributed by atoms with Crippen molar-refractivity contribution in [3.05, 3.63) is 53.6 Å². The Balaban J connectivity index is 1.75. The minimum Gasteiger partial charge on any atom is -0.481 e. The number of carboxylic acids is 1. The number of para-hydroxylation sites is 1. The van der Waals surface area contributed by atoms with Gasteiger partial charge in [0.25, 0.3) is 5.91 Å². The summed E-state index contributed by atoms with van der Waals surface area (Å²) in [4.78, 5) is 25.8. The van der Waals surface area contributed by atoms with Crippen molar-refractivity contribution in [1.29, 1.82) is 0 Å². The molecule has 114 valence electrons. The summed E-state index contributed by atoms with van der Waals surface area (Å²) < 4.78 is 0. The van der Waals surface area contributed by atoms with E-state index < -0.39 is 11.9 Å². The molecule has 0 unspecified atom stereocenters. The van der Waals surface area contributed by atoms with Gasteiger partial charge in [-0.15, -0.1) is 0 Å². The molecule has 4 rings (SSSR count). The van der Waals surface area contributed by atoms with Crippen LogP contribution in [0.5, 0.6) is 0 Å². The molecule has 0 bridgehead atoms. The van der Waals surface area contributed by atoms with E-state index in [1.807, 2.05) is 0 Å². The third-order valence-electron chi connectivity index (χ3n) is 4.07. The van der Waals surface area contributed by atoms with Crippen LogP contribution in [0.3, 0.4) is 0 Å². The number of aromatic amines is 1. The highest BCUT2D eigenvalue weighted by Crippen LogP contribution is 2.37. The second-order valence-corrected chi connectivity index (χ2v) is 5.39. The molecule has 7 heteroatoms. The van der Waals surface area contributed by atoms with E-state index in [1.54, 1.807) is 42.5 Å². The number of carbonyl (C=O) groups excluding carboxylic acids is 1. The van der Waals surface area contributed by atoms with Crippen molar-refractivity contribution in [1.82, 2.24) is 15.4 Å². The Hall–Kier alpha value is -3.22. The Bertz CT molecular complexity index is 934. The summed E-state index contributed by atoms with van der Waals surface area (Å²) in [5, 5.41) is 19.8.